The highest BCUT2D eigenvalue weighted by atomic mass is 35.5. The van der Waals surface area contributed by atoms with Gasteiger partial charge in [-0.05, 0) is 19.3 Å². The zero-order valence-corrected chi connectivity index (χ0v) is 12.1. The molecule has 18 heavy (non-hydrogen) atoms. The van der Waals surface area contributed by atoms with Crippen molar-refractivity contribution in [2.45, 2.75) is 24.3 Å². The van der Waals surface area contributed by atoms with Gasteiger partial charge in [-0.15, -0.1) is 0 Å². The van der Waals surface area contributed by atoms with Crippen molar-refractivity contribution in [3.63, 3.8) is 0 Å². The number of aromatic nitrogens is 2. The molecule has 0 radical (unpaired) electrons. The van der Waals surface area contributed by atoms with Crippen LogP contribution in [0.15, 0.2) is 11.4 Å². The van der Waals surface area contributed by atoms with Crippen molar-refractivity contribution >= 4 is 21.6 Å². The van der Waals surface area contributed by atoms with Crippen LogP contribution in [-0.2, 0) is 21.8 Å². The molecule has 0 aliphatic rings. The van der Waals surface area contributed by atoms with Crippen molar-refractivity contribution in [2.24, 2.45) is 7.05 Å². The van der Waals surface area contributed by atoms with Crippen molar-refractivity contribution < 1.29 is 13.2 Å². The zero-order chi connectivity index (χ0) is 13.6. The minimum absolute atomic E-state index is 0.113. The summed E-state index contributed by atoms with van der Waals surface area (Å²) in [6.45, 7) is 1.07. The van der Waals surface area contributed by atoms with Gasteiger partial charge in [0.1, 0.15) is 5.15 Å². The quantitative estimate of drug-likeness (QED) is 0.731. The Morgan fingerprint density at radius 2 is 2.17 bits per heavy atom. The molecular formula is C10H18ClN3O3S. The Labute approximate surface area is 112 Å². The van der Waals surface area contributed by atoms with Crippen molar-refractivity contribution in [1.29, 1.82) is 0 Å². The summed E-state index contributed by atoms with van der Waals surface area (Å²) in [5, 5.41) is -0.00885. The molecule has 104 valence electrons. The highest BCUT2D eigenvalue weighted by Gasteiger charge is 2.21. The first-order chi connectivity index (χ1) is 8.49. The van der Waals surface area contributed by atoms with E-state index >= 15 is 0 Å². The van der Waals surface area contributed by atoms with Gasteiger partial charge in [0.05, 0.1) is 6.33 Å². The van der Waals surface area contributed by atoms with Crippen molar-refractivity contribution in [1.82, 2.24) is 14.3 Å². The smallest absolute Gasteiger partial charge is 0.261 e. The topological polar surface area (TPSA) is 73.2 Å². The molecular weight excluding hydrogens is 278 g/mol. The number of nitrogens with zero attached hydrogens (tertiary/aromatic N) is 2. The number of hydrogen-bond donors (Lipinski definition) is 1. The van der Waals surface area contributed by atoms with E-state index in [4.69, 9.17) is 16.3 Å². The van der Waals surface area contributed by atoms with E-state index < -0.39 is 10.0 Å². The maximum absolute atomic E-state index is 11.9. The van der Waals surface area contributed by atoms with Crippen LogP contribution in [-0.4, -0.2) is 38.2 Å². The highest BCUT2D eigenvalue weighted by Crippen LogP contribution is 2.18. The number of sulfonamides is 1. The molecule has 0 aliphatic carbocycles. The second-order valence-electron chi connectivity index (χ2n) is 3.90. The van der Waals surface area contributed by atoms with Gasteiger partial charge in [-0.1, -0.05) is 11.6 Å². The van der Waals surface area contributed by atoms with Gasteiger partial charge in [-0.25, -0.2) is 18.1 Å². The number of nitrogens with one attached hydrogen (secondary N) is 1. The molecule has 0 saturated heterocycles. The Balaban J connectivity index is 2.44. The van der Waals surface area contributed by atoms with Crippen molar-refractivity contribution in [2.75, 3.05) is 20.3 Å². The summed E-state index contributed by atoms with van der Waals surface area (Å²) >= 11 is 5.84. The Morgan fingerprint density at radius 1 is 1.44 bits per heavy atom. The summed E-state index contributed by atoms with van der Waals surface area (Å²) in [7, 11) is -0.325. The number of rotatable bonds is 8. The van der Waals surface area contributed by atoms with E-state index in [-0.39, 0.29) is 10.2 Å². The molecule has 1 N–H and O–H groups in total. The second kappa shape index (κ2) is 7.08. The van der Waals surface area contributed by atoms with Gasteiger partial charge < -0.3 is 9.30 Å². The monoisotopic (exact) mass is 295 g/mol. The number of halogens is 1. The predicted octanol–water partition coefficient (Wildman–Crippen LogP) is 1.17. The third-order valence-corrected chi connectivity index (χ3v) is 4.36. The first kappa shape index (κ1) is 15.4. The molecule has 8 heteroatoms. The molecule has 1 rings (SSSR count). The summed E-state index contributed by atoms with van der Waals surface area (Å²) in [6, 6.07) is 0. The van der Waals surface area contributed by atoms with E-state index in [0.717, 1.165) is 19.3 Å². The largest absolute Gasteiger partial charge is 0.385 e. The van der Waals surface area contributed by atoms with E-state index in [2.05, 4.69) is 9.71 Å². The van der Waals surface area contributed by atoms with Crippen LogP contribution in [0.25, 0.3) is 0 Å². The van der Waals surface area contributed by atoms with Gasteiger partial charge >= 0.3 is 0 Å². The van der Waals surface area contributed by atoms with Gasteiger partial charge in [-0.2, -0.15) is 0 Å². The lowest BCUT2D eigenvalue weighted by molar-refractivity contribution is 0.192. The van der Waals surface area contributed by atoms with Crippen LogP contribution < -0.4 is 4.72 Å². The molecule has 1 aromatic heterocycles. The van der Waals surface area contributed by atoms with Crippen LogP contribution in [0.4, 0.5) is 0 Å². The van der Waals surface area contributed by atoms with Crippen LogP contribution in [0, 0.1) is 0 Å². The van der Waals surface area contributed by atoms with E-state index in [0.29, 0.717) is 13.2 Å². The molecule has 6 nitrogen and oxygen atoms in total. The fourth-order valence-electron chi connectivity index (χ4n) is 1.40. The van der Waals surface area contributed by atoms with Gasteiger partial charge in [0.15, 0.2) is 0 Å². The fourth-order valence-corrected chi connectivity index (χ4v) is 2.90. The highest BCUT2D eigenvalue weighted by molar-refractivity contribution is 7.89. The SMILES string of the molecule is COCCCCCNS(=O)(=O)c1ncn(C)c1Cl. The van der Waals surface area contributed by atoms with Gasteiger partial charge in [0.2, 0.25) is 5.03 Å². The number of methoxy groups -OCH3 is 1. The Hall–Kier alpha value is -0.630. The van der Waals surface area contributed by atoms with Gasteiger partial charge in [0, 0.05) is 27.3 Å². The van der Waals surface area contributed by atoms with E-state index in [1.54, 1.807) is 14.2 Å². The van der Waals surface area contributed by atoms with Crippen LogP contribution in [0.3, 0.4) is 0 Å². The molecule has 1 heterocycles. The third-order valence-electron chi connectivity index (χ3n) is 2.41. The maximum atomic E-state index is 11.9. The van der Waals surface area contributed by atoms with E-state index in [1.165, 1.54) is 10.9 Å². The fraction of sp³-hybridized carbons (Fsp3) is 0.700. The third kappa shape index (κ3) is 4.24. The number of imidazole rings is 1. The molecule has 1 aromatic rings. The standard InChI is InChI=1S/C10H18ClN3O3S/c1-14-8-12-10(9(14)11)18(15,16)13-6-4-3-5-7-17-2/h8,13H,3-7H2,1-2H3. The van der Waals surface area contributed by atoms with Crippen molar-refractivity contribution in [3.8, 4) is 0 Å². The maximum Gasteiger partial charge on any atom is 0.261 e. The summed E-state index contributed by atoms with van der Waals surface area (Å²) in [5.41, 5.74) is 0. The summed E-state index contributed by atoms with van der Waals surface area (Å²) in [5.74, 6) is 0. The van der Waals surface area contributed by atoms with Crippen molar-refractivity contribution in [3.05, 3.63) is 11.5 Å². The first-order valence-electron chi connectivity index (χ1n) is 5.64. The van der Waals surface area contributed by atoms with Gasteiger partial charge in [0.25, 0.3) is 10.0 Å². The second-order valence-corrected chi connectivity index (χ2v) is 5.94. The van der Waals surface area contributed by atoms with Crippen LogP contribution in [0.2, 0.25) is 5.15 Å². The molecule has 0 spiro atoms. The molecule has 0 amide bonds. The Kier molecular flexibility index (Phi) is 6.07. The van der Waals surface area contributed by atoms with E-state index in [9.17, 15) is 8.42 Å². The lowest BCUT2D eigenvalue weighted by Crippen LogP contribution is -2.25. The minimum Gasteiger partial charge on any atom is -0.385 e. The van der Waals surface area contributed by atoms with Gasteiger partial charge in [-0.3, -0.25) is 0 Å². The Bertz CT molecular complexity index is 473. The van der Waals surface area contributed by atoms with Crippen LogP contribution in [0.5, 0.6) is 0 Å². The molecule has 0 atom stereocenters. The molecule has 0 bridgehead atoms. The predicted molar refractivity (Wildman–Crippen MR) is 69.1 cm³/mol. The average molecular weight is 296 g/mol. The minimum atomic E-state index is -3.61. The van der Waals surface area contributed by atoms with Crippen LogP contribution in [0.1, 0.15) is 19.3 Å². The molecule has 0 fully saturated rings. The number of unbranched alkanes of at least 4 members (excludes halogenated alkanes) is 2. The average Bonchev–Trinajstić information content (AvgIpc) is 2.65. The normalized spacial score (nSPS) is 11.9. The lowest BCUT2D eigenvalue weighted by atomic mass is 10.2. The molecule has 0 unspecified atom stereocenters. The number of hydrogen-bond acceptors (Lipinski definition) is 4. The molecule has 0 aromatic carbocycles. The van der Waals surface area contributed by atoms with E-state index in [1.807, 2.05) is 0 Å². The number of ether oxygens (including phenoxy) is 1. The molecule has 0 saturated carbocycles. The first-order valence-corrected chi connectivity index (χ1v) is 7.50. The lowest BCUT2D eigenvalue weighted by Gasteiger charge is -2.05. The summed E-state index contributed by atoms with van der Waals surface area (Å²) < 4.78 is 32.6. The summed E-state index contributed by atoms with van der Waals surface area (Å²) in [6.07, 6.45) is 3.96. The van der Waals surface area contributed by atoms with Crippen LogP contribution >= 0.6 is 11.6 Å². The zero-order valence-electron chi connectivity index (χ0n) is 10.5. The number of aryl methyl sites for hydroxylation is 1. The Morgan fingerprint density at radius 3 is 2.72 bits per heavy atom. The summed E-state index contributed by atoms with van der Waals surface area (Å²) in [4.78, 5) is 3.78. The molecule has 0 aliphatic heterocycles.